The molecule has 0 radical (unpaired) electrons. The quantitative estimate of drug-likeness (QED) is 0.400. The van der Waals surface area contributed by atoms with Gasteiger partial charge in [-0.1, -0.05) is 53.6 Å². The molecule has 0 fully saturated rings. The molecule has 3 heteroatoms. The lowest BCUT2D eigenvalue weighted by molar-refractivity contribution is 0.259. The van der Waals surface area contributed by atoms with Crippen LogP contribution >= 0.6 is 11.6 Å². The summed E-state index contributed by atoms with van der Waals surface area (Å²) < 4.78 is 2.44. The number of benzene rings is 3. The zero-order chi connectivity index (χ0) is 19.3. The third-order valence-corrected chi connectivity index (χ3v) is 6.13. The number of fused-ring (bicyclic) bond motifs is 3. The van der Waals surface area contributed by atoms with Gasteiger partial charge >= 0.3 is 0 Å². The van der Waals surface area contributed by atoms with Gasteiger partial charge in [0.15, 0.2) is 0 Å². The molecule has 1 unspecified atom stereocenters. The van der Waals surface area contributed by atoms with E-state index in [0.717, 1.165) is 23.7 Å². The predicted octanol–water partition coefficient (Wildman–Crippen LogP) is 6.17. The second kappa shape index (κ2) is 6.80. The summed E-state index contributed by atoms with van der Waals surface area (Å²) in [5.41, 5.74) is 7.92. The second-order valence-corrected chi connectivity index (χ2v) is 8.18. The molecule has 0 bridgehead atoms. The van der Waals surface area contributed by atoms with E-state index in [-0.39, 0.29) is 6.04 Å². The average molecular weight is 387 g/mol. The first-order chi connectivity index (χ1) is 13.6. The Hall–Kier alpha value is -2.55. The van der Waals surface area contributed by atoms with Crippen LogP contribution < -0.4 is 0 Å². The van der Waals surface area contributed by atoms with E-state index in [9.17, 15) is 0 Å². The molecule has 1 atom stereocenters. The van der Waals surface area contributed by atoms with E-state index in [1.165, 1.54) is 33.3 Å². The first kappa shape index (κ1) is 17.5. The van der Waals surface area contributed by atoms with Crippen LogP contribution in [0.3, 0.4) is 0 Å². The highest BCUT2D eigenvalue weighted by Crippen LogP contribution is 2.41. The van der Waals surface area contributed by atoms with Crippen LogP contribution in [0, 0.1) is 6.92 Å². The molecule has 1 aromatic heterocycles. The van der Waals surface area contributed by atoms with Gasteiger partial charge in [-0.05, 0) is 67.9 Å². The maximum atomic E-state index is 6.19. The molecule has 0 amide bonds. The van der Waals surface area contributed by atoms with E-state index < -0.39 is 0 Å². The van der Waals surface area contributed by atoms with Gasteiger partial charge < -0.3 is 4.57 Å². The first-order valence-corrected chi connectivity index (χ1v) is 10.2. The molecule has 2 nitrogen and oxygen atoms in total. The van der Waals surface area contributed by atoms with Crippen molar-refractivity contribution in [2.24, 2.45) is 0 Å². The van der Waals surface area contributed by atoms with Crippen LogP contribution in [-0.2, 0) is 6.42 Å². The summed E-state index contributed by atoms with van der Waals surface area (Å²) in [6, 6.07) is 26.1. The zero-order valence-electron chi connectivity index (χ0n) is 16.2. The van der Waals surface area contributed by atoms with Gasteiger partial charge in [0.1, 0.15) is 0 Å². The molecule has 3 aromatic carbocycles. The summed E-state index contributed by atoms with van der Waals surface area (Å²) in [7, 11) is 2.23. The minimum absolute atomic E-state index is 0.230. The second-order valence-electron chi connectivity index (χ2n) is 7.74. The number of likely N-dealkylation sites (N-methyl/N-ethyl adjacent to an activating group) is 1. The van der Waals surface area contributed by atoms with E-state index in [1.54, 1.807) is 0 Å². The molecule has 0 aliphatic carbocycles. The number of aromatic nitrogens is 1. The Morgan fingerprint density at radius 2 is 1.68 bits per heavy atom. The molecule has 0 spiro atoms. The van der Waals surface area contributed by atoms with Crippen molar-refractivity contribution in [1.82, 2.24) is 9.47 Å². The fourth-order valence-electron chi connectivity index (χ4n) is 4.58. The summed E-state index contributed by atoms with van der Waals surface area (Å²) in [5, 5.41) is 2.14. The van der Waals surface area contributed by atoms with Crippen molar-refractivity contribution in [2.75, 3.05) is 13.6 Å². The van der Waals surface area contributed by atoms with Gasteiger partial charge in [-0.15, -0.1) is 0 Å². The molecular weight excluding hydrogens is 364 g/mol. The van der Waals surface area contributed by atoms with Crippen LogP contribution in [-0.4, -0.2) is 23.1 Å². The van der Waals surface area contributed by atoms with Crippen molar-refractivity contribution < 1.29 is 0 Å². The summed E-state index contributed by atoms with van der Waals surface area (Å²) in [6.07, 6.45) is 1.07. The highest BCUT2D eigenvalue weighted by molar-refractivity contribution is 6.30. The maximum absolute atomic E-state index is 6.19. The summed E-state index contributed by atoms with van der Waals surface area (Å²) in [4.78, 5) is 2.47. The fraction of sp³-hybridized carbons (Fsp3) is 0.200. The molecular formula is C25H23ClN2. The Bertz CT molecular complexity index is 1140. The van der Waals surface area contributed by atoms with Crippen LogP contribution in [0.15, 0.2) is 72.8 Å². The lowest BCUT2D eigenvalue weighted by Gasteiger charge is -2.34. The standard InChI is InChI=1S/C25H23ClN2/c1-17-8-13-23-22(16-17)21-14-15-27(2)24(18-6-4-3-5-7-18)25(21)28(23)20-11-9-19(26)10-12-20/h3-13,16,24H,14-15H2,1-2H3. The Labute approximate surface area is 171 Å². The minimum atomic E-state index is 0.230. The normalized spacial score (nSPS) is 17.0. The van der Waals surface area contributed by atoms with Crippen LogP contribution in [0.5, 0.6) is 0 Å². The molecule has 28 heavy (non-hydrogen) atoms. The summed E-state index contributed by atoms with van der Waals surface area (Å²) >= 11 is 6.19. The lowest BCUT2D eigenvalue weighted by Crippen LogP contribution is -2.34. The molecule has 1 aliphatic rings. The largest absolute Gasteiger partial charge is 0.311 e. The van der Waals surface area contributed by atoms with Gasteiger partial charge in [-0.25, -0.2) is 0 Å². The minimum Gasteiger partial charge on any atom is -0.311 e. The van der Waals surface area contributed by atoms with Crippen LogP contribution in [0.4, 0.5) is 0 Å². The highest BCUT2D eigenvalue weighted by Gasteiger charge is 2.32. The van der Waals surface area contributed by atoms with E-state index in [2.05, 4.69) is 84.1 Å². The van der Waals surface area contributed by atoms with Crippen molar-refractivity contribution in [3.63, 3.8) is 0 Å². The fourth-order valence-corrected chi connectivity index (χ4v) is 4.71. The lowest BCUT2D eigenvalue weighted by atomic mass is 9.92. The molecule has 0 saturated carbocycles. The van der Waals surface area contributed by atoms with Gasteiger partial charge in [0.25, 0.3) is 0 Å². The van der Waals surface area contributed by atoms with E-state index >= 15 is 0 Å². The number of halogens is 1. The monoisotopic (exact) mass is 386 g/mol. The van der Waals surface area contributed by atoms with Gasteiger partial charge in [0.05, 0.1) is 11.6 Å². The molecule has 0 saturated heterocycles. The SMILES string of the molecule is Cc1ccc2c(c1)c1c(n2-c2ccc(Cl)cc2)C(c2ccccc2)N(C)CC1. The molecule has 5 rings (SSSR count). The number of hydrogen-bond donors (Lipinski definition) is 0. The maximum Gasteiger partial charge on any atom is 0.0760 e. The van der Waals surface area contributed by atoms with Crippen LogP contribution in [0.2, 0.25) is 5.02 Å². The van der Waals surface area contributed by atoms with Crippen LogP contribution in [0.1, 0.15) is 28.4 Å². The third-order valence-electron chi connectivity index (χ3n) is 5.88. The topological polar surface area (TPSA) is 8.17 Å². The molecule has 1 aliphatic heterocycles. The van der Waals surface area contributed by atoms with Gasteiger partial charge in [-0.3, -0.25) is 4.90 Å². The Balaban J connectivity index is 1.86. The third kappa shape index (κ3) is 2.76. The van der Waals surface area contributed by atoms with Crippen molar-refractivity contribution in [3.05, 3.63) is 100 Å². The van der Waals surface area contributed by atoms with Crippen molar-refractivity contribution in [2.45, 2.75) is 19.4 Å². The number of rotatable bonds is 2. The van der Waals surface area contributed by atoms with E-state index in [4.69, 9.17) is 11.6 Å². The van der Waals surface area contributed by atoms with Crippen molar-refractivity contribution in [1.29, 1.82) is 0 Å². The van der Waals surface area contributed by atoms with E-state index in [0.29, 0.717) is 0 Å². The molecule has 140 valence electrons. The Morgan fingerprint density at radius 1 is 0.929 bits per heavy atom. The Morgan fingerprint density at radius 3 is 2.43 bits per heavy atom. The predicted molar refractivity (Wildman–Crippen MR) is 118 cm³/mol. The van der Waals surface area contributed by atoms with Crippen molar-refractivity contribution in [3.8, 4) is 5.69 Å². The smallest absolute Gasteiger partial charge is 0.0760 e. The number of aryl methyl sites for hydroxylation is 1. The average Bonchev–Trinajstić information content (AvgIpc) is 3.02. The van der Waals surface area contributed by atoms with Gasteiger partial charge in [-0.2, -0.15) is 0 Å². The van der Waals surface area contributed by atoms with Gasteiger partial charge in [0.2, 0.25) is 0 Å². The first-order valence-electron chi connectivity index (χ1n) is 9.78. The van der Waals surface area contributed by atoms with Gasteiger partial charge in [0, 0.05) is 28.3 Å². The zero-order valence-corrected chi connectivity index (χ0v) is 16.9. The number of hydrogen-bond acceptors (Lipinski definition) is 1. The van der Waals surface area contributed by atoms with Crippen molar-refractivity contribution >= 4 is 22.5 Å². The highest BCUT2D eigenvalue weighted by atomic mass is 35.5. The Kier molecular flexibility index (Phi) is 4.26. The van der Waals surface area contributed by atoms with Crippen LogP contribution in [0.25, 0.3) is 16.6 Å². The summed E-state index contributed by atoms with van der Waals surface area (Å²) in [6.45, 7) is 3.23. The summed E-state index contributed by atoms with van der Waals surface area (Å²) in [5.74, 6) is 0. The van der Waals surface area contributed by atoms with E-state index in [1.807, 2.05) is 12.1 Å². The molecule has 0 N–H and O–H groups in total. The number of nitrogens with zero attached hydrogens (tertiary/aromatic N) is 2. The molecule has 2 heterocycles. The molecule has 4 aromatic rings.